The van der Waals surface area contributed by atoms with Gasteiger partial charge in [-0.2, -0.15) is 0 Å². The minimum Gasteiger partial charge on any atom is -0.356 e. The molecule has 0 atom stereocenters. The first kappa shape index (κ1) is 23.9. The van der Waals surface area contributed by atoms with Crippen LogP contribution in [0.1, 0.15) is 72.5 Å². The Kier molecular flexibility index (Phi) is 9.34. The fraction of sp³-hybridized carbons (Fsp3) is 0.625. The third-order valence-electron chi connectivity index (χ3n) is 5.30. The molecule has 6 heteroatoms. The molecule has 6 nitrogen and oxygen atoms in total. The summed E-state index contributed by atoms with van der Waals surface area (Å²) in [5.74, 6) is 1.23. The Morgan fingerprint density at radius 1 is 1.07 bits per heavy atom. The summed E-state index contributed by atoms with van der Waals surface area (Å²) in [6.07, 6.45) is 5.28. The van der Waals surface area contributed by atoms with Crippen LogP contribution in [0.3, 0.4) is 0 Å². The van der Waals surface area contributed by atoms with Crippen molar-refractivity contribution in [3.63, 3.8) is 0 Å². The van der Waals surface area contributed by atoms with Gasteiger partial charge in [-0.15, -0.1) is 0 Å². The largest absolute Gasteiger partial charge is 0.356 e. The second kappa shape index (κ2) is 11.7. The highest BCUT2D eigenvalue weighted by Gasteiger charge is 2.22. The Labute approximate surface area is 181 Å². The van der Waals surface area contributed by atoms with E-state index in [1.165, 1.54) is 0 Å². The molecule has 1 heterocycles. The maximum atomic E-state index is 13.1. The monoisotopic (exact) mass is 414 g/mol. The number of imidazole rings is 1. The minimum absolute atomic E-state index is 0.128. The molecule has 0 aliphatic rings. The van der Waals surface area contributed by atoms with Gasteiger partial charge in [0.05, 0.1) is 11.0 Å². The van der Waals surface area contributed by atoms with Gasteiger partial charge in [-0.25, -0.2) is 4.98 Å². The van der Waals surface area contributed by atoms with Crippen LogP contribution in [0.2, 0.25) is 0 Å². The highest BCUT2D eigenvalue weighted by Crippen LogP contribution is 2.19. The molecule has 2 aromatic rings. The van der Waals surface area contributed by atoms with E-state index in [-0.39, 0.29) is 23.9 Å². The summed E-state index contributed by atoms with van der Waals surface area (Å²) in [6.45, 7) is 11.3. The second-order valence-corrected chi connectivity index (χ2v) is 8.50. The lowest BCUT2D eigenvalue weighted by Gasteiger charge is -2.31. The molecule has 2 rings (SSSR count). The lowest BCUT2D eigenvalue weighted by molar-refractivity contribution is -0.135. The third kappa shape index (κ3) is 6.57. The molecular weight excluding hydrogens is 376 g/mol. The van der Waals surface area contributed by atoms with Crippen LogP contribution in [-0.2, 0) is 22.6 Å². The average molecular weight is 415 g/mol. The number of unbranched alkanes of at least 4 members (excludes halogenated alkanes) is 2. The first-order valence-corrected chi connectivity index (χ1v) is 11.4. The summed E-state index contributed by atoms with van der Waals surface area (Å²) in [6, 6.07) is 8.36. The molecule has 1 N–H and O–H groups in total. The van der Waals surface area contributed by atoms with Crippen molar-refractivity contribution in [2.45, 2.75) is 91.8 Å². The van der Waals surface area contributed by atoms with E-state index in [0.29, 0.717) is 13.0 Å². The number of rotatable bonds is 12. The molecule has 2 amide bonds. The molecule has 0 aliphatic carbocycles. The molecule has 166 valence electrons. The minimum atomic E-state index is 0.128. The van der Waals surface area contributed by atoms with E-state index < -0.39 is 0 Å². The number of benzene rings is 1. The molecule has 0 aliphatic heterocycles. The number of amides is 2. The van der Waals surface area contributed by atoms with Crippen LogP contribution in [0, 0.1) is 0 Å². The van der Waals surface area contributed by atoms with Crippen LogP contribution in [0.15, 0.2) is 24.3 Å². The van der Waals surface area contributed by atoms with Gasteiger partial charge >= 0.3 is 0 Å². The normalized spacial score (nSPS) is 11.4. The van der Waals surface area contributed by atoms with Crippen molar-refractivity contribution < 1.29 is 9.59 Å². The fourth-order valence-corrected chi connectivity index (χ4v) is 4.01. The molecule has 30 heavy (non-hydrogen) atoms. The first-order valence-electron chi connectivity index (χ1n) is 11.4. The molecule has 1 aromatic carbocycles. The van der Waals surface area contributed by atoms with Gasteiger partial charge in [-0.05, 0) is 59.1 Å². The molecule has 0 spiro atoms. The maximum Gasteiger partial charge on any atom is 0.243 e. The van der Waals surface area contributed by atoms with Crippen LogP contribution in [0.5, 0.6) is 0 Å². The maximum absolute atomic E-state index is 13.1. The summed E-state index contributed by atoms with van der Waals surface area (Å²) >= 11 is 0. The van der Waals surface area contributed by atoms with Crippen LogP contribution in [0.25, 0.3) is 11.0 Å². The number of carbonyl (C=O) groups excluding carboxylic acids is 2. The van der Waals surface area contributed by atoms with Crippen molar-refractivity contribution in [2.75, 3.05) is 6.54 Å². The molecular formula is C24H38N4O2. The van der Waals surface area contributed by atoms with Crippen LogP contribution < -0.4 is 5.32 Å². The Balaban J connectivity index is 2.02. The summed E-state index contributed by atoms with van der Waals surface area (Å²) in [5.41, 5.74) is 1.95. The number of hydrogen-bond acceptors (Lipinski definition) is 3. The molecule has 0 radical (unpaired) electrons. The van der Waals surface area contributed by atoms with Gasteiger partial charge in [0.15, 0.2) is 0 Å². The van der Waals surface area contributed by atoms with Crippen LogP contribution in [0.4, 0.5) is 0 Å². The van der Waals surface area contributed by atoms with E-state index in [9.17, 15) is 9.59 Å². The Morgan fingerprint density at radius 3 is 2.43 bits per heavy atom. The molecule has 0 fully saturated rings. The number of nitrogens with zero attached hydrogens (tertiary/aromatic N) is 3. The number of carbonyl (C=O) groups is 2. The third-order valence-corrected chi connectivity index (χ3v) is 5.30. The molecule has 0 saturated carbocycles. The van der Waals surface area contributed by atoms with Crippen LogP contribution >= 0.6 is 0 Å². The van der Waals surface area contributed by atoms with E-state index in [1.807, 2.05) is 36.1 Å². The Morgan fingerprint density at radius 2 is 1.77 bits per heavy atom. The van der Waals surface area contributed by atoms with Gasteiger partial charge in [-0.3, -0.25) is 9.59 Å². The van der Waals surface area contributed by atoms with Gasteiger partial charge in [0, 0.05) is 31.5 Å². The van der Waals surface area contributed by atoms with E-state index in [1.54, 1.807) is 0 Å². The number of fused-ring (bicyclic) bond motifs is 1. The van der Waals surface area contributed by atoms with Crippen molar-refractivity contribution >= 4 is 22.8 Å². The van der Waals surface area contributed by atoms with E-state index in [2.05, 4.69) is 37.6 Å². The van der Waals surface area contributed by atoms with Gasteiger partial charge in [0.2, 0.25) is 11.8 Å². The predicted octanol–water partition coefficient (Wildman–Crippen LogP) is 4.31. The van der Waals surface area contributed by atoms with Gasteiger partial charge < -0.3 is 14.8 Å². The number of nitrogens with one attached hydrogen (secondary N) is 1. The van der Waals surface area contributed by atoms with Crippen molar-refractivity contribution in [2.24, 2.45) is 0 Å². The quantitative estimate of drug-likeness (QED) is 0.526. The topological polar surface area (TPSA) is 67.2 Å². The standard InChI is InChI=1S/C24H38N4O2/c1-6-12-23(29)25-16-11-7-8-15-22-26-20-13-9-10-14-21(20)27(22)17-24(30)28(18(2)3)19(4)5/h9-10,13-14,18-19H,6-8,11-12,15-17H2,1-5H3,(H,25,29). The molecule has 0 saturated heterocycles. The zero-order valence-corrected chi connectivity index (χ0v) is 19.3. The van der Waals surface area contributed by atoms with Gasteiger partial charge in [-0.1, -0.05) is 25.5 Å². The lowest BCUT2D eigenvalue weighted by Crippen LogP contribution is -2.43. The average Bonchev–Trinajstić information content (AvgIpc) is 3.01. The zero-order valence-electron chi connectivity index (χ0n) is 19.3. The summed E-state index contributed by atoms with van der Waals surface area (Å²) in [5, 5.41) is 2.96. The highest BCUT2D eigenvalue weighted by atomic mass is 16.2. The van der Waals surface area contributed by atoms with Gasteiger partial charge in [0.1, 0.15) is 12.4 Å². The van der Waals surface area contributed by atoms with Crippen LogP contribution in [-0.4, -0.2) is 44.9 Å². The SMILES string of the molecule is CCCC(=O)NCCCCCc1nc2ccccc2n1CC(=O)N(C(C)C)C(C)C. The summed E-state index contributed by atoms with van der Waals surface area (Å²) < 4.78 is 2.08. The zero-order chi connectivity index (χ0) is 22.1. The van der Waals surface area contributed by atoms with Crippen molar-refractivity contribution in [3.05, 3.63) is 30.1 Å². The van der Waals surface area contributed by atoms with Gasteiger partial charge in [0.25, 0.3) is 0 Å². The van der Waals surface area contributed by atoms with Crippen molar-refractivity contribution in [1.82, 2.24) is 19.8 Å². The second-order valence-electron chi connectivity index (χ2n) is 8.50. The fourth-order valence-electron chi connectivity index (χ4n) is 4.01. The lowest BCUT2D eigenvalue weighted by atomic mass is 10.2. The molecule has 0 unspecified atom stereocenters. The summed E-state index contributed by atoms with van der Waals surface area (Å²) in [7, 11) is 0. The Hall–Kier alpha value is -2.37. The highest BCUT2D eigenvalue weighted by molar-refractivity contribution is 5.81. The smallest absolute Gasteiger partial charge is 0.243 e. The molecule has 1 aromatic heterocycles. The van der Waals surface area contributed by atoms with E-state index in [0.717, 1.165) is 55.5 Å². The summed E-state index contributed by atoms with van der Waals surface area (Å²) in [4.78, 5) is 31.3. The number of aryl methyl sites for hydroxylation is 1. The number of hydrogen-bond donors (Lipinski definition) is 1. The van der Waals surface area contributed by atoms with E-state index in [4.69, 9.17) is 4.98 Å². The number of para-hydroxylation sites is 2. The Bertz CT molecular complexity index is 818. The molecule has 0 bridgehead atoms. The van der Waals surface area contributed by atoms with Crippen molar-refractivity contribution in [3.8, 4) is 0 Å². The first-order chi connectivity index (χ1) is 14.3. The van der Waals surface area contributed by atoms with E-state index >= 15 is 0 Å². The predicted molar refractivity (Wildman–Crippen MR) is 122 cm³/mol. The van der Waals surface area contributed by atoms with Crippen molar-refractivity contribution in [1.29, 1.82) is 0 Å². The number of aromatic nitrogens is 2.